The Hall–Kier alpha value is -1.26. The van der Waals surface area contributed by atoms with Gasteiger partial charge in [-0.1, -0.05) is 12.1 Å². The largest absolute Gasteiger partial charge is 0.487 e. The van der Waals surface area contributed by atoms with Crippen LogP contribution in [-0.2, 0) is 0 Å². The van der Waals surface area contributed by atoms with Gasteiger partial charge in [0.15, 0.2) is 11.5 Å². The van der Waals surface area contributed by atoms with E-state index < -0.39 is 0 Å². The average Bonchev–Trinajstić information content (AvgIpc) is 2.28. The van der Waals surface area contributed by atoms with Crippen molar-refractivity contribution in [1.29, 1.82) is 0 Å². The van der Waals surface area contributed by atoms with Crippen LogP contribution in [0, 0.1) is 0 Å². The molecule has 1 aromatic rings. The smallest absolute Gasteiger partial charge is 0.161 e. The third-order valence-corrected chi connectivity index (χ3v) is 1.78. The molecule has 0 amide bonds. The molecule has 1 aromatic carbocycles. The Morgan fingerprint density at radius 3 is 2.47 bits per heavy atom. The highest BCUT2D eigenvalue weighted by atomic mass is 16.5. The van der Waals surface area contributed by atoms with Gasteiger partial charge >= 0.3 is 0 Å². The maximum absolute atomic E-state index is 8.86. The molecule has 1 rings (SSSR count). The zero-order chi connectivity index (χ0) is 11.1. The lowest BCUT2D eigenvalue weighted by atomic mass is 10.3. The van der Waals surface area contributed by atoms with Crippen molar-refractivity contribution in [2.75, 3.05) is 19.8 Å². The molecular formula is C11H16O4. The molecule has 4 heteroatoms. The number of hydrogen-bond donors (Lipinski definition) is 2. The van der Waals surface area contributed by atoms with E-state index in [0.29, 0.717) is 11.5 Å². The molecule has 0 heterocycles. The number of rotatable bonds is 6. The summed E-state index contributed by atoms with van der Waals surface area (Å²) in [4.78, 5) is 0. The van der Waals surface area contributed by atoms with Crippen molar-refractivity contribution in [3.8, 4) is 11.5 Å². The van der Waals surface area contributed by atoms with Crippen molar-refractivity contribution >= 4 is 0 Å². The van der Waals surface area contributed by atoms with E-state index in [-0.39, 0.29) is 25.9 Å². The topological polar surface area (TPSA) is 58.9 Å². The summed E-state index contributed by atoms with van der Waals surface area (Å²) in [5.41, 5.74) is 0. The van der Waals surface area contributed by atoms with E-state index in [1.54, 1.807) is 19.1 Å². The molecule has 4 nitrogen and oxygen atoms in total. The first-order chi connectivity index (χ1) is 7.27. The lowest BCUT2D eigenvalue weighted by molar-refractivity contribution is 0.122. The first kappa shape index (κ1) is 11.8. The van der Waals surface area contributed by atoms with Gasteiger partial charge in [-0.05, 0) is 19.1 Å². The van der Waals surface area contributed by atoms with Crippen LogP contribution in [0.25, 0.3) is 0 Å². The Balaban J connectivity index is 2.67. The Kier molecular flexibility index (Phi) is 4.93. The van der Waals surface area contributed by atoms with Gasteiger partial charge in [0.25, 0.3) is 0 Å². The summed E-state index contributed by atoms with van der Waals surface area (Å²) in [6, 6.07) is 7.17. The normalized spacial score (nSPS) is 12.2. The van der Waals surface area contributed by atoms with Crippen LogP contribution in [0.3, 0.4) is 0 Å². The maximum Gasteiger partial charge on any atom is 0.161 e. The first-order valence-corrected chi connectivity index (χ1v) is 4.88. The second-order valence-electron chi connectivity index (χ2n) is 3.13. The molecule has 0 aliphatic heterocycles. The van der Waals surface area contributed by atoms with Crippen molar-refractivity contribution in [2.45, 2.75) is 13.0 Å². The molecule has 0 aliphatic rings. The van der Waals surface area contributed by atoms with E-state index >= 15 is 0 Å². The second kappa shape index (κ2) is 6.27. The minimum absolute atomic E-state index is 0.0378. The van der Waals surface area contributed by atoms with Gasteiger partial charge in [-0.3, -0.25) is 0 Å². The zero-order valence-electron chi connectivity index (χ0n) is 8.72. The van der Waals surface area contributed by atoms with Crippen molar-refractivity contribution in [2.24, 2.45) is 0 Å². The molecule has 0 saturated heterocycles. The van der Waals surface area contributed by atoms with Gasteiger partial charge in [-0.2, -0.15) is 0 Å². The summed E-state index contributed by atoms with van der Waals surface area (Å²) in [6.45, 7) is 1.91. The van der Waals surface area contributed by atoms with Crippen LogP contribution in [0.4, 0.5) is 0 Å². The summed E-state index contributed by atoms with van der Waals surface area (Å²) in [7, 11) is 0. The highest BCUT2D eigenvalue weighted by Gasteiger charge is 2.07. The van der Waals surface area contributed by atoms with Gasteiger partial charge in [0, 0.05) is 0 Å². The van der Waals surface area contributed by atoms with Gasteiger partial charge in [0.1, 0.15) is 12.7 Å². The predicted octanol–water partition coefficient (Wildman–Crippen LogP) is 0.817. The molecule has 0 spiro atoms. The van der Waals surface area contributed by atoms with Crippen LogP contribution in [0.5, 0.6) is 11.5 Å². The second-order valence-corrected chi connectivity index (χ2v) is 3.13. The summed E-state index contributed by atoms with van der Waals surface area (Å²) >= 11 is 0. The molecule has 2 N–H and O–H groups in total. The number of aliphatic hydroxyl groups is 2. The quantitative estimate of drug-likeness (QED) is 0.733. The molecule has 84 valence electrons. The SMILES string of the molecule is CC(CO)Oc1ccccc1OCCO. The Labute approximate surface area is 89.1 Å². The minimum Gasteiger partial charge on any atom is -0.487 e. The molecule has 15 heavy (non-hydrogen) atoms. The molecular weight excluding hydrogens is 196 g/mol. The third kappa shape index (κ3) is 3.77. The van der Waals surface area contributed by atoms with Crippen LogP contribution in [0.15, 0.2) is 24.3 Å². The minimum atomic E-state index is -0.274. The van der Waals surface area contributed by atoms with E-state index in [2.05, 4.69) is 0 Å². The molecule has 0 aromatic heterocycles. The van der Waals surface area contributed by atoms with Crippen molar-refractivity contribution in [1.82, 2.24) is 0 Å². The van der Waals surface area contributed by atoms with Crippen LogP contribution in [0.1, 0.15) is 6.92 Å². The molecule has 0 fully saturated rings. The third-order valence-electron chi connectivity index (χ3n) is 1.78. The number of benzene rings is 1. The van der Waals surface area contributed by atoms with Gasteiger partial charge in [0.05, 0.1) is 13.2 Å². The summed E-state index contributed by atoms with van der Waals surface area (Å²) < 4.78 is 10.7. The van der Waals surface area contributed by atoms with E-state index in [0.717, 1.165) is 0 Å². The van der Waals surface area contributed by atoms with Crippen LogP contribution >= 0.6 is 0 Å². The van der Waals surface area contributed by atoms with Crippen molar-refractivity contribution in [3.05, 3.63) is 24.3 Å². The summed E-state index contributed by atoms with van der Waals surface area (Å²) in [5.74, 6) is 1.15. The van der Waals surface area contributed by atoms with Gasteiger partial charge in [-0.25, -0.2) is 0 Å². The summed E-state index contributed by atoms with van der Waals surface area (Å²) in [5, 5.41) is 17.5. The number of aliphatic hydroxyl groups excluding tert-OH is 2. The standard InChI is InChI=1S/C11H16O4/c1-9(8-13)15-11-5-3-2-4-10(11)14-7-6-12/h2-5,9,12-13H,6-8H2,1H3. The number of para-hydroxylation sites is 2. The van der Waals surface area contributed by atoms with Crippen LogP contribution in [0.2, 0.25) is 0 Å². The van der Waals surface area contributed by atoms with Crippen molar-refractivity contribution < 1.29 is 19.7 Å². The highest BCUT2D eigenvalue weighted by Crippen LogP contribution is 2.27. The molecule has 0 bridgehead atoms. The van der Waals surface area contributed by atoms with E-state index in [1.165, 1.54) is 0 Å². The maximum atomic E-state index is 8.86. The lowest BCUT2D eigenvalue weighted by Crippen LogP contribution is -2.17. The van der Waals surface area contributed by atoms with Crippen LogP contribution in [-0.4, -0.2) is 36.1 Å². The molecule has 1 atom stereocenters. The first-order valence-electron chi connectivity index (χ1n) is 4.88. The predicted molar refractivity (Wildman–Crippen MR) is 56.2 cm³/mol. The van der Waals surface area contributed by atoms with Gasteiger partial charge < -0.3 is 19.7 Å². The fourth-order valence-corrected chi connectivity index (χ4v) is 1.08. The number of ether oxygens (including phenoxy) is 2. The van der Waals surface area contributed by atoms with Gasteiger partial charge in [0.2, 0.25) is 0 Å². The molecule has 0 saturated carbocycles. The zero-order valence-corrected chi connectivity index (χ0v) is 8.72. The Bertz CT molecular complexity index is 288. The highest BCUT2D eigenvalue weighted by molar-refractivity contribution is 5.39. The monoisotopic (exact) mass is 212 g/mol. The van der Waals surface area contributed by atoms with E-state index in [4.69, 9.17) is 19.7 Å². The number of hydrogen-bond acceptors (Lipinski definition) is 4. The Morgan fingerprint density at radius 1 is 1.20 bits per heavy atom. The molecule has 0 aliphatic carbocycles. The lowest BCUT2D eigenvalue weighted by Gasteiger charge is -2.15. The molecule has 0 radical (unpaired) electrons. The summed E-state index contributed by atoms with van der Waals surface area (Å²) in [6.07, 6.45) is -0.274. The van der Waals surface area contributed by atoms with E-state index in [9.17, 15) is 0 Å². The van der Waals surface area contributed by atoms with Crippen molar-refractivity contribution in [3.63, 3.8) is 0 Å². The fourth-order valence-electron chi connectivity index (χ4n) is 1.08. The molecule has 1 unspecified atom stereocenters. The Morgan fingerprint density at radius 2 is 1.87 bits per heavy atom. The van der Waals surface area contributed by atoms with Crippen LogP contribution < -0.4 is 9.47 Å². The average molecular weight is 212 g/mol. The van der Waals surface area contributed by atoms with E-state index in [1.807, 2.05) is 12.1 Å². The van der Waals surface area contributed by atoms with Gasteiger partial charge in [-0.15, -0.1) is 0 Å². The fraction of sp³-hybridized carbons (Fsp3) is 0.455.